The van der Waals surface area contributed by atoms with Gasteiger partial charge in [-0.15, -0.1) is 5.92 Å². The van der Waals surface area contributed by atoms with E-state index in [0.717, 1.165) is 6.54 Å². The van der Waals surface area contributed by atoms with E-state index in [0.29, 0.717) is 23.4 Å². The quantitative estimate of drug-likeness (QED) is 0.838. The van der Waals surface area contributed by atoms with Gasteiger partial charge in [-0.3, -0.25) is 0 Å². The molecular formula is C17H19N3O2S. The summed E-state index contributed by atoms with van der Waals surface area (Å²) in [6.07, 6.45) is 0.0252. The van der Waals surface area contributed by atoms with Crippen LogP contribution in [0.25, 0.3) is 5.57 Å². The second-order valence-electron chi connectivity index (χ2n) is 5.43. The molecule has 2 rings (SSSR count). The maximum atomic E-state index is 12.9. The van der Waals surface area contributed by atoms with Crippen LogP contribution in [-0.4, -0.2) is 40.5 Å². The van der Waals surface area contributed by atoms with Crippen molar-refractivity contribution >= 4 is 21.1 Å². The zero-order chi connectivity index (χ0) is 17.0. The lowest BCUT2D eigenvalue weighted by molar-refractivity contribution is 0.425. The summed E-state index contributed by atoms with van der Waals surface area (Å²) in [7, 11) is 0.225. The van der Waals surface area contributed by atoms with Crippen LogP contribution in [0.3, 0.4) is 0 Å². The lowest BCUT2D eigenvalue weighted by Gasteiger charge is -2.14. The number of nitrogens with one attached hydrogen (secondary N) is 1. The summed E-state index contributed by atoms with van der Waals surface area (Å²) >= 11 is 0. The first kappa shape index (κ1) is 17.1. The SMILES string of the molecule is CC#CC1=C(CC#N)c2cccc(NCCN(C)C)c2S1(=O)=O. The highest BCUT2D eigenvalue weighted by molar-refractivity contribution is 7.96. The van der Waals surface area contributed by atoms with Crippen molar-refractivity contribution in [3.05, 3.63) is 28.7 Å². The Kier molecular flexibility index (Phi) is 5.10. The van der Waals surface area contributed by atoms with Gasteiger partial charge in [0.15, 0.2) is 0 Å². The van der Waals surface area contributed by atoms with Gasteiger partial charge in [-0.1, -0.05) is 18.1 Å². The van der Waals surface area contributed by atoms with E-state index in [4.69, 9.17) is 5.26 Å². The standard InChI is InChI=1S/C17H19N3O2S/c1-4-6-16-13(9-10-18)14-7-5-8-15(17(14)23(16,21)22)19-11-12-20(2)3/h5,7-8,19H,9,11-12H2,1-3H3. The van der Waals surface area contributed by atoms with Crippen molar-refractivity contribution < 1.29 is 8.42 Å². The number of hydrogen-bond acceptors (Lipinski definition) is 5. The minimum Gasteiger partial charge on any atom is -0.383 e. The average Bonchev–Trinajstić information content (AvgIpc) is 2.70. The van der Waals surface area contributed by atoms with Crippen LogP contribution >= 0.6 is 0 Å². The highest BCUT2D eigenvalue weighted by atomic mass is 32.2. The molecule has 0 bridgehead atoms. The van der Waals surface area contributed by atoms with Crippen molar-refractivity contribution in [2.75, 3.05) is 32.5 Å². The van der Waals surface area contributed by atoms with Crippen molar-refractivity contribution in [3.8, 4) is 17.9 Å². The van der Waals surface area contributed by atoms with Crippen molar-refractivity contribution in [1.29, 1.82) is 5.26 Å². The molecule has 0 saturated carbocycles. The van der Waals surface area contributed by atoms with Gasteiger partial charge < -0.3 is 10.2 Å². The van der Waals surface area contributed by atoms with E-state index in [1.807, 2.05) is 25.1 Å². The largest absolute Gasteiger partial charge is 0.383 e. The van der Waals surface area contributed by atoms with Crippen molar-refractivity contribution in [3.63, 3.8) is 0 Å². The lowest BCUT2D eigenvalue weighted by atomic mass is 10.0. The van der Waals surface area contributed by atoms with Crippen LogP contribution in [0, 0.1) is 23.2 Å². The van der Waals surface area contributed by atoms with Gasteiger partial charge in [-0.25, -0.2) is 8.42 Å². The van der Waals surface area contributed by atoms with E-state index in [1.54, 1.807) is 25.1 Å². The second kappa shape index (κ2) is 6.87. The van der Waals surface area contributed by atoms with E-state index in [9.17, 15) is 8.42 Å². The molecule has 0 atom stereocenters. The third-order valence-electron chi connectivity index (χ3n) is 3.52. The Morgan fingerprint density at radius 3 is 2.65 bits per heavy atom. The predicted octanol–water partition coefficient (Wildman–Crippen LogP) is 2.10. The third-order valence-corrected chi connectivity index (χ3v) is 5.38. The Morgan fingerprint density at radius 1 is 1.30 bits per heavy atom. The molecule has 1 aromatic rings. The van der Waals surface area contributed by atoms with Gasteiger partial charge in [-0.05, 0) is 27.1 Å². The molecule has 0 saturated heterocycles. The van der Waals surface area contributed by atoms with Crippen LogP contribution in [-0.2, 0) is 9.84 Å². The lowest BCUT2D eigenvalue weighted by Crippen LogP contribution is -2.21. The molecule has 23 heavy (non-hydrogen) atoms. The molecule has 0 unspecified atom stereocenters. The minimum absolute atomic E-state index is 0.0252. The number of allylic oxidation sites excluding steroid dienone is 2. The Bertz CT molecular complexity index is 850. The molecule has 0 radical (unpaired) electrons. The average molecular weight is 329 g/mol. The molecule has 0 aliphatic carbocycles. The van der Waals surface area contributed by atoms with E-state index in [-0.39, 0.29) is 16.2 Å². The zero-order valence-corrected chi connectivity index (χ0v) is 14.3. The molecule has 1 heterocycles. The molecule has 0 fully saturated rings. The van der Waals surface area contributed by atoms with Gasteiger partial charge in [0.1, 0.15) is 9.80 Å². The minimum atomic E-state index is -3.68. The summed E-state index contributed by atoms with van der Waals surface area (Å²) in [6.45, 7) is 3.00. The van der Waals surface area contributed by atoms with Gasteiger partial charge in [0.2, 0.25) is 9.84 Å². The molecule has 1 aromatic carbocycles. The molecule has 1 N–H and O–H groups in total. The normalized spacial score (nSPS) is 14.9. The Morgan fingerprint density at radius 2 is 2.04 bits per heavy atom. The first-order valence-corrected chi connectivity index (χ1v) is 8.71. The maximum Gasteiger partial charge on any atom is 0.217 e. The van der Waals surface area contributed by atoms with Crippen LogP contribution in [0.2, 0.25) is 0 Å². The molecule has 1 aliphatic heterocycles. The van der Waals surface area contributed by atoms with Gasteiger partial charge in [-0.2, -0.15) is 5.26 Å². The predicted molar refractivity (Wildman–Crippen MR) is 91.3 cm³/mol. The number of likely N-dealkylation sites (N-methyl/N-ethyl adjacent to an activating group) is 1. The number of fused-ring (bicyclic) bond motifs is 1. The summed E-state index contributed by atoms with van der Waals surface area (Å²) in [5, 5.41) is 12.2. The van der Waals surface area contributed by atoms with Gasteiger partial charge in [0.25, 0.3) is 0 Å². The summed E-state index contributed by atoms with van der Waals surface area (Å²) in [5.74, 6) is 5.32. The molecular weight excluding hydrogens is 310 g/mol. The van der Waals surface area contributed by atoms with Crippen molar-refractivity contribution in [1.82, 2.24) is 4.90 Å². The summed E-state index contributed by atoms with van der Waals surface area (Å²) < 4.78 is 25.7. The monoisotopic (exact) mass is 329 g/mol. The zero-order valence-electron chi connectivity index (χ0n) is 13.5. The number of benzene rings is 1. The Balaban J connectivity index is 2.53. The molecule has 5 nitrogen and oxygen atoms in total. The Hall–Kier alpha value is -2.28. The molecule has 1 aliphatic rings. The first-order valence-electron chi connectivity index (χ1n) is 7.23. The number of nitriles is 1. The highest BCUT2D eigenvalue weighted by Crippen LogP contribution is 2.44. The van der Waals surface area contributed by atoms with E-state index < -0.39 is 9.84 Å². The number of hydrogen-bond donors (Lipinski definition) is 1. The van der Waals surface area contributed by atoms with E-state index in [1.165, 1.54) is 0 Å². The Labute approximate surface area is 137 Å². The topological polar surface area (TPSA) is 73.2 Å². The number of anilines is 1. The summed E-state index contributed by atoms with van der Waals surface area (Å²) in [5.41, 5.74) is 1.64. The fourth-order valence-corrected chi connectivity index (χ4v) is 4.37. The van der Waals surface area contributed by atoms with Crippen LogP contribution in [0.4, 0.5) is 5.69 Å². The van der Waals surface area contributed by atoms with Crippen molar-refractivity contribution in [2.24, 2.45) is 0 Å². The molecule has 120 valence electrons. The highest BCUT2D eigenvalue weighted by Gasteiger charge is 2.36. The number of rotatable bonds is 5. The van der Waals surface area contributed by atoms with Gasteiger partial charge in [0.05, 0.1) is 18.2 Å². The molecule has 0 aromatic heterocycles. The molecule has 6 heteroatoms. The van der Waals surface area contributed by atoms with Gasteiger partial charge >= 0.3 is 0 Å². The van der Waals surface area contributed by atoms with Crippen LogP contribution in [0.1, 0.15) is 18.9 Å². The summed E-state index contributed by atoms with van der Waals surface area (Å²) in [6, 6.07) is 7.32. The van der Waals surface area contributed by atoms with Crippen molar-refractivity contribution in [2.45, 2.75) is 18.2 Å². The third kappa shape index (κ3) is 3.24. The van der Waals surface area contributed by atoms with Crippen LogP contribution in [0.15, 0.2) is 28.0 Å². The van der Waals surface area contributed by atoms with E-state index >= 15 is 0 Å². The molecule has 0 amide bonds. The second-order valence-corrected chi connectivity index (χ2v) is 7.26. The van der Waals surface area contributed by atoms with E-state index in [2.05, 4.69) is 17.2 Å². The summed E-state index contributed by atoms with van der Waals surface area (Å²) in [4.78, 5) is 2.30. The maximum absolute atomic E-state index is 12.9. The smallest absolute Gasteiger partial charge is 0.217 e. The van der Waals surface area contributed by atoms with Gasteiger partial charge in [0, 0.05) is 24.2 Å². The van der Waals surface area contributed by atoms with Crippen LogP contribution in [0.5, 0.6) is 0 Å². The van der Waals surface area contributed by atoms with Crippen LogP contribution < -0.4 is 5.32 Å². The first-order chi connectivity index (χ1) is 10.9. The molecule has 0 spiro atoms. The fourth-order valence-electron chi connectivity index (χ4n) is 2.51. The number of sulfone groups is 1. The number of nitrogens with zero attached hydrogens (tertiary/aromatic N) is 2. The fraction of sp³-hybridized carbons (Fsp3) is 0.353.